The topological polar surface area (TPSA) is 825 Å². The Morgan fingerprint density at radius 1 is 0.681 bits per heavy atom. The van der Waals surface area contributed by atoms with Crippen LogP contribution >= 0.6 is 22.7 Å². The summed E-state index contributed by atoms with van der Waals surface area (Å²) in [6.07, 6.45) is -34.5. The van der Waals surface area contributed by atoms with Crippen LogP contribution < -0.4 is 88.4 Å². The summed E-state index contributed by atoms with van der Waals surface area (Å²) >= 11 is 1.84. The maximum Gasteiger partial charge on any atom is 0.404 e. The van der Waals surface area contributed by atoms with Gasteiger partial charge in [-0.25, -0.2) is 29.7 Å². The van der Waals surface area contributed by atoms with Gasteiger partial charge in [0.25, 0.3) is 11.8 Å². The molecular formula is C68H110N22O27S2. The van der Waals surface area contributed by atoms with E-state index in [0.717, 1.165) is 81.4 Å². The number of carbonyl (C=O) groups is 9. The summed E-state index contributed by atoms with van der Waals surface area (Å²) in [5, 5.41) is 147. The van der Waals surface area contributed by atoms with E-state index in [4.69, 9.17) is 79.0 Å². The first-order valence-corrected chi connectivity index (χ1v) is 39.7. The van der Waals surface area contributed by atoms with Gasteiger partial charge in [0.05, 0.1) is 80.3 Å². The van der Waals surface area contributed by atoms with Gasteiger partial charge in [-0.3, -0.25) is 38.4 Å². The highest BCUT2D eigenvalue weighted by atomic mass is 32.1. The lowest BCUT2D eigenvalue weighted by Crippen LogP contribution is -2.65. The van der Waals surface area contributed by atoms with Crippen LogP contribution in [0.4, 0.5) is 10.6 Å². The molecule has 7 rings (SSSR count). The van der Waals surface area contributed by atoms with Crippen molar-refractivity contribution in [3.63, 3.8) is 0 Å². The van der Waals surface area contributed by atoms with Crippen molar-refractivity contribution in [3.8, 4) is 10.7 Å². The van der Waals surface area contributed by atoms with E-state index in [9.17, 15) is 89.7 Å². The van der Waals surface area contributed by atoms with Gasteiger partial charge >= 0.3 is 6.09 Å². The predicted octanol–water partition coefficient (Wildman–Crippen LogP) is -11.3. The van der Waals surface area contributed by atoms with Gasteiger partial charge in [-0.2, -0.15) is 0 Å². The standard InChI is InChI=1S/C68H110N22O27S2/c1-25-42(87-57(89-55(25)74)31(16-38(72)95)81-18-30(71)56(75)105)59(107)88-44(52(32-19-78-24-82-32)114-67-54(48(101)45(98)36(20-91)113-67)115-66-50(103)53(116-68(76)110)46(99)37(21-92)112-66)61(109)83-26(2)35(94)17-40(97)86-43(27(3)93)60(108)90-62(117-65-49(102)47(100)41(73)28(4)111-65)51(104)64-85-34(23-119-64)63-84-33(22-118-63)58(106)80-13-7-9-29(70)15-39(96)79-14-8-12-77-11-6-5-10-69/h19,22-24,26-31,35-37,41,43-54,62,65-67,77,81,91-94,98-104H,5-18,20-21,69-71,73H2,1-4H3,(H2,72,95)(H2,75,105)(H2,76,110)(H,78,82)(H,79,96)(H,80,106)(H,83,109)(H,86,97)(H,88,107)(H,90,108)(H2,74,87,89)/t26-,27-,28?,29?,30+,31+,35+,36?,37?,41?,43+,44+,45?,46?,47?,48?,49?,50?,51?,52+,53?,54?,62?,65?,66?,67?/m1/s1. The number of hydrogen-bond acceptors (Lipinski definition) is 41. The molecular weight excluding hydrogens is 1620 g/mol. The van der Waals surface area contributed by atoms with E-state index in [2.05, 4.69) is 72.4 Å². The smallest absolute Gasteiger partial charge is 0.404 e. The molecule has 9 amide bonds. The van der Waals surface area contributed by atoms with Crippen molar-refractivity contribution in [2.45, 2.75) is 238 Å². The minimum Gasteiger partial charge on any atom is -0.441 e. The average Bonchev–Trinajstić information content (AvgIpc) is 1.21. The number of unbranched alkanes of at least 4 members (excludes halogenated alkanes) is 1. The number of nitrogens with two attached hydrogens (primary N) is 8. The molecule has 119 heavy (non-hydrogen) atoms. The van der Waals surface area contributed by atoms with Crippen LogP contribution in [0.3, 0.4) is 0 Å². The van der Waals surface area contributed by atoms with Crippen molar-refractivity contribution >= 4 is 81.8 Å². The second-order valence-corrected chi connectivity index (χ2v) is 30.3. The van der Waals surface area contributed by atoms with Crippen molar-refractivity contribution in [1.29, 1.82) is 0 Å². The number of carbonyl (C=O) groups excluding carboxylic acids is 9. The maximum atomic E-state index is 15.3. The summed E-state index contributed by atoms with van der Waals surface area (Å²) in [5.74, 6) is -8.64. The molecule has 0 aromatic carbocycles. The lowest BCUT2D eigenvalue weighted by molar-refractivity contribution is -0.372. The van der Waals surface area contributed by atoms with E-state index < -0.39 is 256 Å². The highest BCUT2D eigenvalue weighted by Gasteiger charge is 2.54. The first-order valence-electron chi connectivity index (χ1n) is 37.9. The molecule has 0 saturated carbocycles. The number of nitrogens with zero attached hydrogens (tertiary/aromatic N) is 5. The Kier molecular flexibility index (Phi) is 38.1. The number of aliphatic hydroxyl groups excluding tert-OH is 11. The van der Waals surface area contributed by atoms with E-state index in [-0.39, 0.29) is 51.5 Å². The first kappa shape index (κ1) is 97.6. The van der Waals surface area contributed by atoms with Gasteiger partial charge in [-0.15, -0.1) is 22.7 Å². The number of imidazole rings is 1. The lowest BCUT2D eigenvalue weighted by atomic mass is 9.97. The van der Waals surface area contributed by atoms with Gasteiger partial charge in [-0.05, 0) is 79.4 Å². The molecule has 0 aliphatic carbocycles. The van der Waals surface area contributed by atoms with E-state index in [1.54, 1.807) is 0 Å². The van der Waals surface area contributed by atoms with Crippen LogP contribution in [0.15, 0.2) is 23.3 Å². The molecule has 51 heteroatoms. The second-order valence-electron chi connectivity index (χ2n) is 28.6. The molecule has 666 valence electrons. The third-order valence-electron chi connectivity index (χ3n) is 19.3. The number of ether oxygens (including phenoxy) is 7. The fourth-order valence-electron chi connectivity index (χ4n) is 12.4. The average molecular weight is 1730 g/mol. The monoisotopic (exact) mass is 1730 g/mol. The van der Waals surface area contributed by atoms with Crippen molar-refractivity contribution in [2.24, 2.45) is 40.1 Å². The summed E-state index contributed by atoms with van der Waals surface area (Å²) < 4.78 is 40.5. The van der Waals surface area contributed by atoms with Gasteiger partial charge in [0.15, 0.2) is 37.3 Å². The fourth-order valence-corrected chi connectivity index (χ4v) is 14.0. The third kappa shape index (κ3) is 27.5. The molecule has 3 aliphatic heterocycles. The zero-order valence-electron chi connectivity index (χ0n) is 65.3. The SMILES string of the molecule is Cc1c(N)nc([C@H](CC(N)=O)NC[C@H](N)C(N)=O)nc1C(=O)N[C@H](C(=O)N[C@H](C)[C@@H](O)CC(=O)N[C@H](C(=O)NC(OC1OC(C)C(N)C(O)C1O)C(O)c1nc(-c2nc(C(=O)NCCCC(N)CC(=O)NCCCNCCCCN)cs2)cs1)[C@@H](C)O)[C@@H](OC1OC(CO)C(O)C(O)C1OC1OC(CO)C(O)C(OC(N)=O)C1O)c1cnc[nH]1. The molecule has 0 bridgehead atoms. The first-order chi connectivity index (χ1) is 56.4. The number of aromatic amines is 1. The Morgan fingerprint density at radius 2 is 1.36 bits per heavy atom. The van der Waals surface area contributed by atoms with Crippen molar-refractivity contribution in [2.75, 3.05) is 58.2 Å². The minimum atomic E-state index is -2.27. The van der Waals surface area contributed by atoms with E-state index >= 15 is 9.59 Å². The van der Waals surface area contributed by atoms with E-state index in [0.29, 0.717) is 25.9 Å². The largest absolute Gasteiger partial charge is 0.441 e. The Bertz CT molecular complexity index is 3960. The van der Waals surface area contributed by atoms with E-state index in [1.165, 1.54) is 24.6 Å². The van der Waals surface area contributed by atoms with Crippen molar-refractivity contribution < 1.29 is 132 Å². The summed E-state index contributed by atoms with van der Waals surface area (Å²) in [5.41, 5.74) is 45.1. The van der Waals surface area contributed by atoms with Gasteiger partial charge < -0.3 is 183 Å². The normalized spacial score (nSPS) is 26.0. The number of amides is 9. The minimum absolute atomic E-state index is 0.00960. The van der Waals surface area contributed by atoms with Crippen LogP contribution in [0.25, 0.3) is 10.7 Å². The van der Waals surface area contributed by atoms with Crippen LogP contribution in [0.5, 0.6) is 0 Å². The maximum absolute atomic E-state index is 15.3. The third-order valence-corrected chi connectivity index (χ3v) is 21.1. The Labute approximate surface area is 687 Å². The number of thiazole rings is 2. The Balaban J connectivity index is 1.11. The second kappa shape index (κ2) is 46.5. The number of nitrogen functional groups attached to an aromatic ring is 1. The van der Waals surface area contributed by atoms with Gasteiger partial charge in [0.1, 0.15) is 112 Å². The summed E-state index contributed by atoms with van der Waals surface area (Å²) in [6, 6.07) is -10.2. The molecule has 7 heterocycles. The number of aromatic nitrogens is 6. The van der Waals surface area contributed by atoms with Gasteiger partial charge in [0, 0.05) is 54.8 Å². The molecule has 0 radical (unpaired) electrons. The Hall–Kier alpha value is -8.54. The number of hydrogen-bond donors (Lipinski definition) is 28. The predicted molar refractivity (Wildman–Crippen MR) is 412 cm³/mol. The van der Waals surface area contributed by atoms with Crippen LogP contribution in [0, 0.1) is 6.92 Å². The van der Waals surface area contributed by atoms with Crippen LogP contribution in [0.2, 0.25) is 0 Å². The quantitative estimate of drug-likeness (QED) is 0.0144. The van der Waals surface area contributed by atoms with E-state index in [1.807, 2.05) is 0 Å². The number of H-pyrrole nitrogens is 1. The molecule has 3 fully saturated rings. The summed E-state index contributed by atoms with van der Waals surface area (Å²) in [7, 11) is 0. The molecule has 4 aromatic rings. The zero-order valence-corrected chi connectivity index (χ0v) is 66.9. The Morgan fingerprint density at radius 3 is 2.02 bits per heavy atom. The lowest BCUT2D eigenvalue weighted by Gasteiger charge is -2.47. The molecule has 18 unspecified atom stereocenters. The van der Waals surface area contributed by atoms with Gasteiger partial charge in [0.2, 0.25) is 35.4 Å². The summed E-state index contributed by atoms with van der Waals surface area (Å²) in [4.78, 5) is 145. The van der Waals surface area contributed by atoms with Crippen molar-refractivity contribution in [3.05, 3.63) is 56.8 Å². The van der Waals surface area contributed by atoms with Crippen molar-refractivity contribution in [1.82, 2.24) is 72.4 Å². The molecule has 49 nitrogen and oxygen atoms in total. The molecule has 4 aromatic heterocycles. The molecule has 3 aliphatic rings. The number of primary amides is 3. The zero-order chi connectivity index (χ0) is 87.8. The highest BCUT2D eigenvalue weighted by Crippen LogP contribution is 2.36. The highest BCUT2D eigenvalue weighted by molar-refractivity contribution is 7.14. The number of anilines is 1. The van der Waals surface area contributed by atoms with Crippen LogP contribution in [-0.2, 0) is 61.9 Å². The number of aliphatic hydroxyl groups is 11. The molecule has 26 atom stereocenters. The molecule has 0 spiro atoms. The number of nitrogens with one attached hydrogen (secondary N) is 9. The number of rotatable bonds is 47. The van der Waals surface area contributed by atoms with Gasteiger partial charge in [-0.1, -0.05) is 0 Å². The van der Waals surface area contributed by atoms with Crippen LogP contribution in [-0.4, -0.2) is 333 Å². The summed E-state index contributed by atoms with van der Waals surface area (Å²) in [6.45, 7) is 5.33. The fraction of sp³-hybridized carbons (Fsp3) is 0.676. The molecule has 36 N–H and O–H groups in total. The molecule has 3 saturated heterocycles. The van der Waals surface area contributed by atoms with Crippen LogP contribution in [0.1, 0.15) is 133 Å².